The highest BCUT2D eigenvalue weighted by Gasteiger charge is 2.34. The molecule has 0 spiro atoms. The molecule has 0 aliphatic heterocycles. The van der Waals surface area contributed by atoms with Gasteiger partial charge in [-0.3, -0.25) is 0 Å². The highest BCUT2D eigenvalue weighted by molar-refractivity contribution is 5.93. The lowest BCUT2D eigenvalue weighted by Crippen LogP contribution is -2.26. The van der Waals surface area contributed by atoms with Crippen molar-refractivity contribution in [3.05, 3.63) is 155 Å². The summed E-state index contributed by atoms with van der Waals surface area (Å²) in [7, 11) is 0. The van der Waals surface area contributed by atoms with Crippen molar-refractivity contribution in [2.45, 2.75) is 284 Å². The quantitative estimate of drug-likeness (QED) is 0.0153. The number of nitrogens with two attached hydrogens (primary N) is 5. The summed E-state index contributed by atoms with van der Waals surface area (Å²) in [5, 5.41) is 0. The molecule has 9 nitrogen and oxygen atoms in total. The maximum Gasteiger partial charge on any atom is 0.343 e. The molecular weight excluding hydrogens is 1230 g/mol. The van der Waals surface area contributed by atoms with Gasteiger partial charge in [-0.1, -0.05) is 192 Å². The number of unbranched alkanes of at least 4 members (excludes halogenated alkanes) is 6. The Morgan fingerprint density at radius 1 is 0.350 bits per heavy atom. The number of carbonyl (C=O) groups excluding carboxylic acids is 1. The molecule has 6 aromatic carbocycles. The van der Waals surface area contributed by atoms with E-state index in [0.717, 1.165) is 82.0 Å². The summed E-state index contributed by atoms with van der Waals surface area (Å²) < 4.78 is 17.5. The maximum absolute atomic E-state index is 12.4. The highest BCUT2D eigenvalue weighted by Crippen LogP contribution is 2.48. The lowest BCUT2D eigenvalue weighted by atomic mass is 9.68. The van der Waals surface area contributed by atoms with E-state index in [2.05, 4.69) is 81.4 Å². The molecule has 0 aromatic heterocycles. The van der Waals surface area contributed by atoms with Crippen molar-refractivity contribution in [3.63, 3.8) is 0 Å². The Morgan fingerprint density at radius 3 is 1.08 bits per heavy atom. The van der Waals surface area contributed by atoms with Gasteiger partial charge in [0.25, 0.3) is 0 Å². The first kappa shape index (κ1) is 76.0. The largest absolute Gasteiger partial charge is 0.455 e. The number of benzene rings is 6. The van der Waals surface area contributed by atoms with Crippen LogP contribution in [0.3, 0.4) is 0 Å². The van der Waals surface area contributed by atoms with Crippen LogP contribution in [0.15, 0.2) is 127 Å². The third kappa shape index (κ3) is 23.7. The molecule has 12 rings (SSSR count). The number of esters is 1. The maximum atomic E-state index is 12.4. The van der Waals surface area contributed by atoms with Crippen molar-refractivity contribution in [2.75, 3.05) is 28.7 Å². The molecule has 0 radical (unpaired) electrons. The molecule has 6 saturated carbocycles. The molecule has 6 aromatic rings. The summed E-state index contributed by atoms with van der Waals surface area (Å²) >= 11 is 0. The molecule has 0 bridgehead atoms. The number of rotatable bonds is 26. The average Bonchev–Trinajstić information content (AvgIpc) is 0.854. The third-order valence-electron chi connectivity index (χ3n) is 25.3. The van der Waals surface area contributed by atoms with E-state index in [-0.39, 0.29) is 0 Å². The van der Waals surface area contributed by atoms with Crippen LogP contribution in [0.5, 0.6) is 28.7 Å². The number of anilines is 5. The Labute approximate surface area is 605 Å². The van der Waals surface area contributed by atoms with Crippen LogP contribution in [0.4, 0.5) is 28.4 Å². The Bertz CT molecular complexity index is 3300. The summed E-state index contributed by atoms with van der Waals surface area (Å²) in [6, 6.07) is 41.5. The molecule has 6 aliphatic carbocycles. The van der Waals surface area contributed by atoms with Crippen LogP contribution in [0.2, 0.25) is 0 Å². The molecule has 0 amide bonds. The molecule has 9 heteroatoms. The van der Waals surface area contributed by atoms with Gasteiger partial charge in [0.15, 0.2) is 0 Å². The van der Waals surface area contributed by atoms with E-state index in [9.17, 15) is 4.79 Å². The Balaban J connectivity index is 0.000000162. The fourth-order valence-electron chi connectivity index (χ4n) is 19.0. The monoisotopic (exact) mass is 1360 g/mol. The van der Waals surface area contributed by atoms with Gasteiger partial charge < -0.3 is 42.9 Å². The zero-order chi connectivity index (χ0) is 70.0. The predicted octanol–water partition coefficient (Wildman–Crippen LogP) is 25.5. The van der Waals surface area contributed by atoms with E-state index in [1.165, 1.54) is 261 Å². The van der Waals surface area contributed by atoms with Crippen LogP contribution in [-0.2, 0) is 6.42 Å². The van der Waals surface area contributed by atoms with Crippen LogP contribution in [0.1, 0.15) is 303 Å². The van der Waals surface area contributed by atoms with Crippen LogP contribution < -0.4 is 42.9 Å². The number of ether oxygens (including phenoxy) is 3. The molecule has 544 valence electrons. The topological polar surface area (TPSA) is 175 Å². The van der Waals surface area contributed by atoms with E-state index in [0.29, 0.717) is 57.3 Å². The van der Waals surface area contributed by atoms with Crippen molar-refractivity contribution in [2.24, 2.45) is 59.2 Å². The Kier molecular flexibility index (Phi) is 30.2. The molecule has 0 heterocycles. The number of nitrogen functional groups attached to an aromatic ring is 5. The minimum absolute atomic E-state index is 0.370. The molecule has 100 heavy (non-hydrogen) atoms. The van der Waals surface area contributed by atoms with Crippen LogP contribution in [0.25, 0.3) is 0 Å². The molecular formula is C91H131N5O4. The minimum atomic E-state index is -0.438. The number of hydrogen-bond acceptors (Lipinski definition) is 9. The number of aryl methyl sites for hydroxylation is 2. The summed E-state index contributed by atoms with van der Waals surface area (Å²) in [5.41, 5.74) is 38.1. The zero-order valence-corrected chi connectivity index (χ0v) is 62.4. The number of hydrogen-bond donors (Lipinski definition) is 5. The van der Waals surface area contributed by atoms with Gasteiger partial charge in [0, 0.05) is 17.1 Å². The van der Waals surface area contributed by atoms with Crippen LogP contribution in [-0.4, -0.2) is 5.97 Å². The fraction of sp³-hybridized carbons (Fsp3) is 0.593. The minimum Gasteiger partial charge on any atom is -0.455 e. The molecule has 0 saturated heterocycles. The second-order valence-corrected chi connectivity index (χ2v) is 32.5. The van der Waals surface area contributed by atoms with E-state index in [1.807, 2.05) is 49.4 Å². The second-order valence-electron chi connectivity index (χ2n) is 32.5. The predicted molar refractivity (Wildman–Crippen MR) is 422 cm³/mol. The molecule has 0 unspecified atom stereocenters. The van der Waals surface area contributed by atoms with Gasteiger partial charge >= 0.3 is 5.97 Å². The SMILES string of the molecule is CCCCCC1CCC(C2CCC(CCc3ccc(Oc4ccc(C)cc4N)cc3)CC2)CC1.CCCCCC1CCC(C2CCC(c3ccc(OC(=O)c4cc(N)cc(N)c4)cc3)CC2)CC1.CCCCCC1CCC(C2CCC(c3ccc(Oc4ccc(N)cc4N)cc3)CC2)CC1. The summed E-state index contributed by atoms with van der Waals surface area (Å²) in [5.74, 6) is 14.5. The van der Waals surface area contributed by atoms with Gasteiger partial charge in [-0.25, -0.2) is 4.79 Å². The number of carbonyl (C=O) groups is 1. The van der Waals surface area contributed by atoms with Crippen LogP contribution in [0, 0.1) is 66.1 Å². The van der Waals surface area contributed by atoms with E-state index < -0.39 is 5.97 Å². The van der Waals surface area contributed by atoms with Gasteiger partial charge in [-0.2, -0.15) is 0 Å². The fourth-order valence-corrected chi connectivity index (χ4v) is 19.0. The van der Waals surface area contributed by atoms with Crippen molar-refractivity contribution in [3.8, 4) is 28.7 Å². The van der Waals surface area contributed by atoms with Crippen molar-refractivity contribution in [1.29, 1.82) is 0 Å². The smallest absolute Gasteiger partial charge is 0.343 e. The third-order valence-corrected chi connectivity index (χ3v) is 25.3. The summed E-state index contributed by atoms with van der Waals surface area (Å²) in [4.78, 5) is 12.4. The molecule has 6 aliphatic rings. The van der Waals surface area contributed by atoms with Crippen LogP contribution >= 0.6 is 0 Å². The Hall–Kier alpha value is -6.61. The molecule has 0 atom stereocenters. The van der Waals surface area contributed by atoms with Gasteiger partial charge in [0.05, 0.1) is 16.9 Å². The summed E-state index contributed by atoms with van der Waals surface area (Å²) in [6.45, 7) is 8.98. The normalized spacial score (nSPS) is 25.4. The van der Waals surface area contributed by atoms with Gasteiger partial charge in [0.1, 0.15) is 28.7 Å². The second kappa shape index (κ2) is 39.7. The first-order chi connectivity index (χ1) is 48.7. The summed E-state index contributed by atoms with van der Waals surface area (Å²) in [6.07, 6.45) is 54.2. The first-order valence-corrected chi connectivity index (χ1v) is 40.8. The first-order valence-electron chi connectivity index (χ1n) is 40.8. The van der Waals surface area contributed by atoms with Crippen molar-refractivity contribution in [1.82, 2.24) is 0 Å². The zero-order valence-electron chi connectivity index (χ0n) is 62.4. The van der Waals surface area contributed by atoms with Gasteiger partial charge in [0.2, 0.25) is 0 Å². The van der Waals surface area contributed by atoms with Gasteiger partial charge in [-0.05, 0) is 301 Å². The lowest BCUT2D eigenvalue weighted by molar-refractivity contribution is 0.0734. The van der Waals surface area contributed by atoms with Gasteiger partial charge in [-0.15, -0.1) is 0 Å². The molecule has 10 N–H and O–H groups in total. The highest BCUT2D eigenvalue weighted by atomic mass is 16.5. The standard InChI is InChI=1S/C32H47NO.C30H42N2O2.C29H42N2O/c1-3-4-5-6-25-10-16-28(17-11-25)29-18-12-26(13-19-29)8-9-27-14-20-30(21-15-27)34-32-22-7-24(2)23-31(32)33;1-2-3-4-5-21-6-8-22(9-7-21)23-10-12-24(13-11-23)25-14-16-29(17-15-25)34-30(33)26-18-27(31)20-28(32)19-26;1-2-3-4-5-21-6-8-22(9-7-21)23-10-12-24(13-11-23)25-14-17-27(18-15-25)32-29-19-16-26(30)20-28(29)31/h7,14-15,20-23,25-26,28-29H,3-6,8-13,16-19,33H2,1-2H3;14-24H,2-13,31-32H2,1H3;14-24H,2-13,30-31H2,1H3. The van der Waals surface area contributed by atoms with E-state index >= 15 is 0 Å². The van der Waals surface area contributed by atoms with Crippen molar-refractivity contribution < 1.29 is 19.0 Å². The van der Waals surface area contributed by atoms with E-state index in [4.69, 9.17) is 42.9 Å². The Morgan fingerprint density at radius 2 is 0.700 bits per heavy atom. The molecule has 6 fully saturated rings. The van der Waals surface area contributed by atoms with E-state index in [1.54, 1.807) is 24.3 Å². The van der Waals surface area contributed by atoms with Crippen molar-refractivity contribution >= 4 is 34.4 Å². The lowest BCUT2D eigenvalue weighted by Gasteiger charge is -2.38. The average molecular weight is 1360 g/mol.